The van der Waals surface area contributed by atoms with Gasteiger partial charge in [0.05, 0.1) is 6.21 Å². The van der Waals surface area contributed by atoms with Crippen LogP contribution in [0.25, 0.3) is 0 Å². The molecule has 0 aliphatic heterocycles. The van der Waals surface area contributed by atoms with Gasteiger partial charge in [-0.2, -0.15) is 5.10 Å². The summed E-state index contributed by atoms with van der Waals surface area (Å²) in [4.78, 5) is 14.1. The van der Waals surface area contributed by atoms with Crippen LogP contribution >= 0.6 is 0 Å². The SMILES string of the molecule is CCN(CC)c1ccc(C=NNC(=O)CCc2ccccc2)cc1. The van der Waals surface area contributed by atoms with E-state index in [0.29, 0.717) is 6.42 Å². The first-order chi connectivity index (χ1) is 11.7. The van der Waals surface area contributed by atoms with Crippen LogP contribution in [0.5, 0.6) is 0 Å². The third kappa shape index (κ3) is 5.54. The molecule has 4 heteroatoms. The molecule has 4 nitrogen and oxygen atoms in total. The van der Waals surface area contributed by atoms with Gasteiger partial charge in [-0.15, -0.1) is 0 Å². The van der Waals surface area contributed by atoms with Crippen LogP contribution in [0.15, 0.2) is 59.7 Å². The zero-order chi connectivity index (χ0) is 17.2. The van der Waals surface area contributed by atoms with Crippen molar-refractivity contribution in [3.8, 4) is 0 Å². The van der Waals surface area contributed by atoms with E-state index in [4.69, 9.17) is 0 Å². The lowest BCUT2D eigenvalue weighted by Crippen LogP contribution is -2.21. The quantitative estimate of drug-likeness (QED) is 0.596. The molecular formula is C20H25N3O. The van der Waals surface area contributed by atoms with Gasteiger partial charge < -0.3 is 4.90 Å². The normalized spacial score (nSPS) is 10.8. The van der Waals surface area contributed by atoms with Crippen molar-refractivity contribution in [1.29, 1.82) is 0 Å². The Morgan fingerprint density at radius 3 is 2.33 bits per heavy atom. The van der Waals surface area contributed by atoms with E-state index in [1.54, 1.807) is 6.21 Å². The predicted molar refractivity (Wildman–Crippen MR) is 101 cm³/mol. The van der Waals surface area contributed by atoms with Gasteiger partial charge in [-0.3, -0.25) is 4.79 Å². The molecule has 24 heavy (non-hydrogen) atoms. The Labute approximate surface area is 144 Å². The van der Waals surface area contributed by atoms with Gasteiger partial charge in [-0.05, 0) is 43.5 Å². The first-order valence-corrected chi connectivity index (χ1v) is 8.43. The van der Waals surface area contributed by atoms with E-state index < -0.39 is 0 Å². The van der Waals surface area contributed by atoms with Crippen LogP contribution in [0.3, 0.4) is 0 Å². The van der Waals surface area contributed by atoms with Gasteiger partial charge >= 0.3 is 0 Å². The molecule has 0 aromatic heterocycles. The highest BCUT2D eigenvalue weighted by atomic mass is 16.2. The number of hydrogen-bond donors (Lipinski definition) is 1. The first-order valence-electron chi connectivity index (χ1n) is 8.43. The summed E-state index contributed by atoms with van der Waals surface area (Å²) in [5, 5.41) is 4.03. The molecule has 0 spiro atoms. The number of nitrogens with one attached hydrogen (secondary N) is 1. The van der Waals surface area contributed by atoms with Crippen molar-refractivity contribution in [3.05, 3.63) is 65.7 Å². The summed E-state index contributed by atoms with van der Waals surface area (Å²) in [5.74, 6) is -0.0742. The van der Waals surface area contributed by atoms with Crippen molar-refractivity contribution in [2.24, 2.45) is 5.10 Å². The van der Waals surface area contributed by atoms with Crippen LogP contribution in [-0.4, -0.2) is 25.2 Å². The van der Waals surface area contributed by atoms with Crippen LogP contribution in [0.2, 0.25) is 0 Å². The molecule has 2 aromatic carbocycles. The molecule has 0 aliphatic carbocycles. The van der Waals surface area contributed by atoms with E-state index in [9.17, 15) is 4.79 Å². The van der Waals surface area contributed by atoms with Gasteiger partial charge in [0.15, 0.2) is 0 Å². The van der Waals surface area contributed by atoms with Crippen molar-refractivity contribution < 1.29 is 4.79 Å². The second-order valence-corrected chi connectivity index (χ2v) is 5.54. The van der Waals surface area contributed by atoms with E-state index >= 15 is 0 Å². The number of hydrogen-bond acceptors (Lipinski definition) is 3. The average Bonchev–Trinajstić information content (AvgIpc) is 2.63. The lowest BCUT2D eigenvalue weighted by molar-refractivity contribution is -0.121. The topological polar surface area (TPSA) is 44.7 Å². The predicted octanol–water partition coefficient (Wildman–Crippen LogP) is 3.62. The summed E-state index contributed by atoms with van der Waals surface area (Å²) >= 11 is 0. The summed E-state index contributed by atoms with van der Waals surface area (Å²) < 4.78 is 0. The molecule has 0 unspecified atom stereocenters. The van der Waals surface area contributed by atoms with Gasteiger partial charge in [0, 0.05) is 25.2 Å². The molecule has 2 aromatic rings. The first kappa shape index (κ1) is 17.7. The van der Waals surface area contributed by atoms with E-state index in [1.807, 2.05) is 42.5 Å². The fourth-order valence-electron chi connectivity index (χ4n) is 2.50. The number of aryl methyl sites for hydroxylation is 1. The fourth-order valence-corrected chi connectivity index (χ4v) is 2.50. The van der Waals surface area contributed by atoms with E-state index in [0.717, 1.165) is 30.6 Å². The fraction of sp³-hybridized carbons (Fsp3) is 0.300. The zero-order valence-electron chi connectivity index (χ0n) is 14.4. The minimum absolute atomic E-state index is 0.0742. The van der Waals surface area contributed by atoms with Gasteiger partial charge in [0.2, 0.25) is 5.91 Å². The summed E-state index contributed by atoms with van der Waals surface area (Å²) in [6.07, 6.45) is 2.83. The molecule has 0 atom stereocenters. The third-order valence-electron chi connectivity index (χ3n) is 3.91. The van der Waals surface area contributed by atoms with E-state index in [2.05, 4.69) is 41.4 Å². The number of hydrazone groups is 1. The number of carbonyl (C=O) groups excluding carboxylic acids is 1. The molecular weight excluding hydrogens is 298 g/mol. The molecule has 0 heterocycles. The number of benzene rings is 2. The van der Waals surface area contributed by atoms with Crippen molar-refractivity contribution >= 4 is 17.8 Å². The molecule has 1 N–H and O–H groups in total. The Morgan fingerprint density at radius 2 is 1.71 bits per heavy atom. The average molecular weight is 323 g/mol. The Balaban J connectivity index is 1.79. The van der Waals surface area contributed by atoms with Crippen LogP contribution in [-0.2, 0) is 11.2 Å². The molecule has 0 aliphatic rings. The van der Waals surface area contributed by atoms with Crippen molar-refractivity contribution in [2.45, 2.75) is 26.7 Å². The zero-order valence-corrected chi connectivity index (χ0v) is 14.4. The lowest BCUT2D eigenvalue weighted by Gasteiger charge is -2.20. The highest BCUT2D eigenvalue weighted by Gasteiger charge is 2.02. The summed E-state index contributed by atoms with van der Waals surface area (Å²) in [5.41, 5.74) is 5.90. The van der Waals surface area contributed by atoms with Gasteiger partial charge in [0.1, 0.15) is 0 Å². The smallest absolute Gasteiger partial charge is 0.240 e. The van der Waals surface area contributed by atoms with Gasteiger partial charge in [-0.25, -0.2) is 5.43 Å². The number of nitrogens with zero attached hydrogens (tertiary/aromatic N) is 2. The van der Waals surface area contributed by atoms with E-state index in [1.165, 1.54) is 5.69 Å². The molecule has 0 saturated carbocycles. The molecule has 2 rings (SSSR count). The molecule has 1 amide bonds. The van der Waals surface area contributed by atoms with Crippen molar-refractivity contribution in [3.63, 3.8) is 0 Å². The molecule has 126 valence electrons. The summed E-state index contributed by atoms with van der Waals surface area (Å²) in [6.45, 7) is 6.26. The maximum Gasteiger partial charge on any atom is 0.240 e. The molecule has 0 saturated heterocycles. The van der Waals surface area contributed by atoms with Crippen LogP contribution < -0.4 is 10.3 Å². The molecule has 0 radical (unpaired) electrons. The van der Waals surface area contributed by atoms with Gasteiger partial charge in [-0.1, -0.05) is 42.5 Å². The Kier molecular flexibility index (Phi) is 7.02. The monoisotopic (exact) mass is 323 g/mol. The van der Waals surface area contributed by atoms with Gasteiger partial charge in [0.25, 0.3) is 0 Å². The van der Waals surface area contributed by atoms with Crippen molar-refractivity contribution in [2.75, 3.05) is 18.0 Å². The summed E-state index contributed by atoms with van der Waals surface area (Å²) in [6, 6.07) is 18.1. The highest BCUT2D eigenvalue weighted by Crippen LogP contribution is 2.13. The minimum Gasteiger partial charge on any atom is -0.372 e. The van der Waals surface area contributed by atoms with Crippen LogP contribution in [0.4, 0.5) is 5.69 Å². The third-order valence-corrected chi connectivity index (χ3v) is 3.91. The maximum atomic E-state index is 11.8. The van der Waals surface area contributed by atoms with E-state index in [-0.39, 0.29) is 5.91 Å². The molecule has 0 bridgehead atoms. The van der Waals surface area contributed by atoms with Crippen molar-refractivity contribution in [1.82, 2.24) is 5.43 Å². The van der Waals surface area contributed by atoms with Crippen LogP contribution in [0.1, 0.15) is 31.4 Å². The number of rotatable bonds is 8. The molecule has 0 fully saturated rings. The van der Waals surface area contributed by atoms with Crippen LogP contribution in [0, 0.1) is 0 Å². The largest absolute Gasteiger partial charge is 0.372 e. The lowest BCUT2D eigenvalue weighted by atomic mass is 10.1. The number of anilines is 1. The summed E-state index contributed by atoms with van der Waals surface area (Å²) in [7, 11) is 0. The Bertz CT molecular complexity index is 646. The number of carbonyl (C=O) groups is 1. The highest BCUT2D eigenvalue weighted by molar-refractivity contribution is 5.83. The maximum absolute atomic E-state index is 11.8. The Morgan fingerprint density at radius 1 is 1.04 bits per heavy atom. The second-order valence-electron chi connectivity index (χ2n) is 5.54. The minimum atomic E-state index is -0.0742. The number of amides is 1. The Hall–Kier alpha value is -2.62. The second kappa shape index (κ2) is 9.50. The standard InChI is InChI=1S/C20H25N3O/c1-3-23(4-2)19-13-10-18(11-14-19)16-21-22-20(24)15-12-17-8-6-5-7-9-17/h5-11,13-14,16H,3-4,12,15H2,1-2H3,(H,22,24).